The average molecular weight is 275 g/mol. The maximum Gasteiger partial charge on any atom is 0.312 e. The molecule has 20 heavy (non-hydrogen) atoms. The zero-order valence-corrected chi connectivity index (χ0v) is 10.4. The Balaban J connectivity index is 2.31. The molecule has 9 nitrogen and oxygen atoms in total. The predicted molar refractivity (Wildman–Crippen MR) is 65.4 cm³/mol. The van der Waals surface area contributed by atoms with Crippen LogP contribution in [0.4, 0.5) is 11.5 Å². The summed E-state index contributed by atoms with van der Waals surface area (Å²) in [5.41, 5.74) is -0.382. The van der Waals surface area contributed by atoms with E-state index in [0.717, 1.165) is 17.2 Å². The second-order valence-electron chi connectivity index (χ2n) is 4.15. The number of nitriles is 1. The molecule has 0 spiro atoms. The zero-order chi connectivity index (χ0) is 14.9. The van der Waals surface area contributed by atoms with E-state index in [9.17, 15) is 19.7 Å². The van der Waals surface area contributed by atoms with Crippen molar-refractivity contribution in [2.45, 2.75) is 12.5 Å². The van der Waals surface area contributed by atoms with Crippen molar-refractivity contribution in [1.82, 2.24) is 9.88 Å². The van der Waals surface area contributed by atoms with Crippen LogP contribution in [0.15, 0.2) is 12.3 Å². The summed E-state index contributed by atoms with van der Waals surface area (Å²) < 4.78 is 0. The zero-order valence-electron chi connectivity index (χ0n) is 10.4. The van der Waals surface area contributed by atoms with Crippen molar-refractivity contribution in [3.05, 3.63) is 27.9 Å². The van der Waals surface area contributed by atoms with Crippen molar-refractivity contribution in [3.63, 3.8) is 0 Å². The number of likely N-dealkylation sites (N-methyl/N-ethyl adjacent to an activating group) is 1. The van der Waals surface area contributed by atoms with Gasteiger partial charge in [-0.3, -0.25) is 24.6 Å². The molecule has 1 aliphatic rings. The van der Waals surface area contributed by atoms with Gasteiger partial charge in [-0.05, 0) is 0 Å². The van der Waals surface area contributed by atoms with Crippen molar-refractivity contribution in [3.8, 4) is 6.07 Å². The SMILES string of the molecule is CN1C(=O)CC(Nc2ncc(C#N)cc2[N+](=O)[O-])C1=O. The van der Waals surface area contributed by atoms with E-state index in [4.69, 9.17) is 5.26 Å². The number of hydrogen-bond acceptors (Lipinski definition) is 7. The second kappa shape index (κ2) is 4.93. The summed E-state index contributed by atoms with van der Waals surface area (Å²) >= 11 is 0. The number of amides is 2. The molecule has 2 amide bonds. The van der Waals surface area contributed by atoms with E-state index in [1.54, 1.807) is 6.07 Å². The fourth-order valence-electron chi connectivity index (χ4n) is 1.80. The Bertz CT molecular complexity index is 651. The van der Waals surface area contributed by atoms with Crippen LogP contribution < -0.4 is 5.32 Å². The molecular weight excluding hydrogens is 266 g/mol. The van der Waals surface area contributed by atoms with E-state index in [-0.39, 0.29) is 23.7 Å². The fourth-order valence-corrected chi connectivity index (χ4v) is 1.80. The molecule has 1 N–H and O–H groups in total. The summed E-state index contributed by atoms with van der Waals surface area (Å²) in [5.74, 6) is -0.991. The highest BCUT2D eigenvalue weighted by Gasteiger charge is 2.37. The molecule has 102 valence electrons. The highest BCUT2D eigenvalue weighted by molar-refractivity contribution is 6.06. The lowest BCUT2D eigenvalue weighted by molar-refractivity contribution is -0.384. The molecule has 0 aromatic carbocycles. The minimum Gasteiger partial charge on any atom is -0.352 e. The van der Waals surface area contributed by atoms with Gasteiger partial charge in [-0.25, -0.2) is 4.98 Å². The summed E-state index contributed by atoms with van der Waals surface area (Å²) in [6.07, 6.45) is 1.06. The topological polar surface area (TPSA) is 129 Å². The molecule has 1 fully saturated rings. The minimum atomic E-state index is -0.883. The van der Waals surface area contributed by atoms with Crippen LogP contribution in [0.2, 0.25) is 0 Å². The summed E-state index contributed by atoms with van der Waals surface area (Å²) in [4.78, 5) is 38.0. The van der Waals surface area contributed by atoms with Crippen LogP contribution in [-0.2, 0) is 9.59 Å². The highest BCUT2D eigenvalue weighted by atomic mass is 16.6. The van der Waals surface area contributed by atoms with Gasteiger partial charge < -0.3 is 5.32 Å². The van der Waals surface area contributed by atoms with E-state index < -0.39 is 22.6 Å². The highest BCUT2D eigenvalue weighted by Crippen LogP contribution is 2.25. The first-order valence-electron chi connectivity index (χ1n) is 5.55. The molecule has 2 heterocycles. The first-order chi connectivity index (χ1) is 9.43. The molecule has 1 aliphatic heterocycles. The minimum absolute atomic E-state index is 0.0354. The number of carbonyl (C=O) groups is 2. The van der Waals surface area contributed by atoms with E-state index in [1.165, 1.54) is 7.05 Å². The molecule has 1 saturated heterocycles. The van der Waals surface area contributed by atoms with E-state index in [2.05, 4.69) is 10.3 Å². The van der Waals surface area contributed by atoms with Gasteiger partial charge in [-0.2, -0.15) is 5.26 Å². The van der Waals surface area contributed by atoms with Gasteiger partial charge >= 0.3 is 5.69 Å². The van der Waals surface area contributed by atoms with Crippen molar-refractivity contribution in [2.24, 2.45) is 0 Å². The molecule has 0 saturated carbocycles. The molecule has 0 aliphatic carbocycles. The quantitative estimate of drug-likeness (QED) is 0.468. The van der Waals surface area contributed by atoms with E-state index in [1.807, 2.05) is 0 Å². The average Bonchev–Trinajstić information content (AvgIpc) is 2.66. The molecule has 1 unspecified atom stereocenters. The Hall–Kier alpha value is -3.02. The molecule has 0 radical (unpaired) electrons. The van der Waals surface area contributed by atoms with Gasteiger partial charge in [0.25, 0.3) is 5.91 Å². The predicted octanol–water partition coefficient (Wildman–Crippen LogP) is 0.0307. The Kier molecular flexibility index (Phi) is 3.30. The van der Waals surface area contributed by atoms with Crippen molar-refractivity contribution in [2.75, 3.05) is 12.4 Å². The number of anilines is 1. The third kappa shape index (κ3) is 2.26. The Morgan fingerprint density at radius 2 is 2.30 bits per heavy atom. The Morgan fingerprint density at radius 1 is 1.60 bits per heavy atom. The van der Waals surface area contributed by atoms with Crippen LogP contribution in [0.1, 0.15) is 12.0 Å². The van der Waals surface area contributed by atoms with Crippen molar-refractivity contribution < 1.29 is 14.5 Å². The summed E-state index contributed by atoms with van der Waals surface area (Å²) in [7, 11) is 1.34. The second-order valence-corrected chi connectivity index (χ2v) is 4.15. The van der Waals surface area contributed by atoms with Crippen molar-refractivity contribution in [1.29, 1.82) is 5.26 Å². The van der Waals surface area contributed by atoms with Gasteiger partial charge in [0, 0.05) is 19.3 Å². The van der Waals surface area contributed by atoms with Gasteiger partial charge in [-0.15, -0.1) is 0 Å². The van der Waals surface area contributed by atoms with Crippen molar-refractivity contribution >= 4 is 23.3 Å². The molecule has 1 aromatic rings. The fraction of sp³-hybridized carbons (Fsp3) is 0.273. The smallest absolute Gasteiger partial charge is 0.312 e. The van der Waals surface area contributed by atoms with Gasteiger partial charge in [-0.1, -0.05) is 0 Å². The summed E-state index contributed by atoms with van der Waals surface area (Å²) in [6.45, 7) is 0. The molecule has 1 atom stereocenters. The Morgan fingerprint density at radius 3 is 2.80 bits per heavy atom. The number of nitro groups is 1. The number of rotatable bonds is 3. The number of carbonyl (C=O) groups excluding carboxylic acids is 2. The van der Waals surface area contributed by atoms with Crippen LogP contribution in [0.3, 0.4) is 0 Å². The molecule has 0 bridgehead atoms. The molecule has 1 aromatic heterocycles. The number of nitrogens with zero attached hydrogens (tertiary/aromatic N) is 4. The number of nitrogens with one attached hydrogen (secondary N) is 1. The van der Waals surface area contributed by atoms with Crippen LogP contribution in [0.25, 0.3) is 0 Å². The first kappa shape index (κ1) is 13.4. The standard InChI is InChI=1S/C11H9N5O4/c1-15-9(17)3-7(11(15)18)14-10-8(16(19)20)2-6(4-12)5-13-10/h2,5,7H,3H2,1H3,(H,13,14). The summed E-state index contributed by atoms with van der Waals surface area (Å²) in [5, 5.41) is 22.2. The largest absolute Gasteiger partial charge is 0.352 e. The van der Waals surface area contributed by atoms with Gasteiger partial charge in [0.2, 0.25) is 11.7 Å². The van der Waals surface area contributed by atoms with Crippen LogP contribution in [-0.4, -0.2) is 39.7 Å². The van der Waals surface area contributed by atoms with Gasteiger partial charge in [0.15, 0.2) is 0 Å². The van der Waals surface area contributed by atoms with Crippen LogP contribution >= 0.6 is 0 Å². The first-order valence-corrected chi connectivity index (χ1v) is 5.55. The van der Waals surface area contributed by atoms with Gasteiger partial charge in [0.05, 0.1) is 16.9 Å². The number of pyridine rings is 1. The molecule has 9 heteroatoms. The van der Waals surface area contributed by atoms with E-state index >= 15 is 0 Å². The molecule has 2 rings (SSSR count). The van der Waals surface area contributed by atoms with Crippen LogP contribution in [0.5, 0.6) is 0 Å². The Labute approximate surface area is 113 Å². The number of likely N-dealkylation sites (tertiary alicyclic amines) is 1. The lowest BCUT2D eigenvalue weighted by Crippen LogP contribution is -2.32. The lowest BCUT2D eigenvalue weighted by Gasteiger charge is -2.11. The number of imide groups is 1. The maximum atomic E-state index is 11.7. The summed E-state index contributed by atoms with van der Waals surface area (Å²) in [6, 6.07) is 1.92. The van der Waals surface area contributed by atoms with E-state index in [0.29, 0.717) is 0 Å². The third-order valence-electron chi connectivity index (χ3n) is 2.89. The number of aromatic nitrogens is 1. The normalized spacial score (nSPS) is 18.0. The maximum absolute atomic E-state index is 11.7. The third-order valence-corrected chi connectivity index (χ3v) is 2.89. The van der Waals surface area contributed by atoms with Gasteiger partial charge in [0.1, 0.15) is 12.1 Å². The van der Waals surface area contributed by atoms with Crippen LogP contribution in [0, 0.1) is 21.4 Å². The lowest BCUT2D eigenvalue weighted by atomic mass is 10.2. The number of hydrogen-bond donors (Lipinski definition) is 1. The molecular formula is C11H9N5O4. The monoisotopic (exact) mass is 275 g/mol.